The first-order valence-corrected chi connectivity index (χ1v) is 20.6. The van der Waals surface area contributed by atoms with Gasteiger partial charge in [0.05, 0.1) is 35.4 Å². The molecule has 19 heteroatoms. The summed E-state index contributed by atoms with van der Waals surface area (Å²) in [4.78, 5) is 86.2. The van der Waals surface area contributed by atoms with Crippen LogP contribution in [0.4, 0.5) is 22.1 Å². The van der Waals surface area contributed by atoms with Crippen LogP contribution in [0.25, 0.3) is 0 Å². The maximum absolute atomic E-state index is 13.0. The number of aromatic nitrogens is 2. The van der Waals surface area contributed by atoms with Crippen molar-refractivity contribution in [2.45, 2.75) is 74.8 Å². The highest BCUT2D eigenvalue weighted by molar-refractivity contribution is 7.90. The molecule has 2 atom stereocenters. The smallest absolute Gasteiger partial charge is 0.407 e. The molecule has 18 nitrogen and oxygen atoms in total. The third-order valence-corrected chi connectivity index (χ3v) is 10.9. The van der Waals surface area contributed by atoms with Crippen LogP contribution in [0.2, 0.25) is 0 Å². The normalized spacial score (nSPS) is 18.2. The Morgan fingerprint density at radius 3 is 2.39 bits per heavy atom. The third-order valence-electron chi connectivity index (χ3n) is 9.81. The highest BCUT2D eigenvalue weighted by Crippen LogP contribution is 2.30. The summed E-state index contributed by atoms with van der Waals surface area (Å²) in [5, 5.41) is 8.10. The lowest BCUT2D eigenvalue weighted by Crippen LogP contribution is -2.54. The Morgan fingerprint density at radius 2 is 1.67 bits per heavy atom. The molecule has 3 aromatic rings. The number of sulfone groups is 1. The predicted octanol–water partition coefficient (Wildman–Crippen LogP) is 2.85. The van der Waals surface area contributed by atoms with Crippen LogP contribution in [0.1, 0.15) is 89.0 Å². The van der Waals surface area contributed by atoms with Gasteiger partial charge in [0.25, 0.3) is 17.7 Å². The van der Waals surface area contributed by atoms with Crippen molar-refractivity contribution >= 4 is 62.8 Å². The van der Waals surface area contributed by atoms with Crippen molar-refractivity contribution in [2.75, 3.05) is 42.8 Å². The number of imide groups is 2. The molecule has 0 aliphatic carbocycles. The molecule has 6 rings (SSSR count). The maximum atomic E-state index is 13.0. The number of hydrogen-bond donors (Lipinski definition) is 4. The fourth-order valence-electron chi connectivity index (χ4n) is 6.86. The van der Waals surface area contributed by atoms with Gasteiger partial charge < -0.3 is 30.7 Å². The number of nitrogens with two attached hydrogens (primary N) is 1. The topological polar surface area (TPSA) is 249 Å². The molecule has 1 aromatic heterocycles. The van der Waals surface area contributed by atoms with Crippen LogP contribution in [-0.2, 0) is 24.2 Å². The number of nitrogens with zero attached hydrogens (tertiary/aromatic N) is 4. The third kappa shape index (κ3) is 10.0. The largest absolute Gasteiger partial charge is 0.494 e. The van der Waals surface area contributed by atoms with Gasteiger partial charge in [0.15, 0.2) is 21.3 Å². The quantitative estimate of drug-likeness (QED) is 0.120. The molecule has 0 bridgehead atoms. The highest BCUT2D eigenvalue weighted by Gasteiger charge is 2.44. The zero-order valence-corrected chi connectivity index (χ0v) is 32.1. The number of benzene rings is 2. The monoisotopic (exact) mass is 804 g/mol. The molecular formula is C38H44N8O10S. The SMILES string of the molecule is CS(=O)(=O)c1ccc(Nc2nc(N3CCCC(NC(=O)OCCCCCCCOc4ccc5c(c4)C(=O)N(C4CCC(=O)NC4=O)C5=O)C3)cnc2C(N)=O)cc1. The van der Waals surface area contributed by atoms with Crippen molar-refractivity contribution in [3.05, 3.63) is 65.5 Å². The summed E-state index contributed by atoms with van der Waals surface area (Å²) in [7, 11) is -3.38. The summed E-state index contributed by atoms with van der Waals surface area (Å²) in [5.41, 5.74) is 6.30. The van der Waals surface area contributed by atoms with Crippen molar-refractivity contribution < 1.29 is 46.7 Å². The van der Waals surface area contributed by atoms with Gasteiger partial charge >= 0.3 is 6.09 Å². The zero-order valence-electron chi connectivity index (χ0n) is 31.3. The van der Waals surface area contributed by atoms with Gasteiger partial charge in [-0.3, -0.25) is 34.2 Å². The average Bonchev–Trinajstić information content (AvgIpc) is 3.41. The van der Waals surface area contributed by atoms with Crippen LogP contribution >= 0.6 is 0 Å². The van der Waals surface area contributed by atoms with Crippen molar-refractivity contribution in [3.8, 4) is 5.75 Å². The van der Waals surface area contributed by atoms with Gasteiger partial charge in [-0.25, -0.2) is 23.2 Å². The maximum Gasteiger partial charge on any atom is 0.407 e. The van der Waals surface area contributed by atoms with E-state index >= 15 is 0 Å². The van der Waals surface area contributed by atoms with E-state index in [-0.39, 0.29) is 53.0 Å². The summed E-state index contributed by atoms with van der Waals surface area (Å²) in [5.74, 6) is -2.00. The minimum absolute atomic E-state index is 0.0511. The van der Waals surface area contributed by atoms with E-state index in [9.17, 15) is 37.2 Å². The Balaban J connectivity index is 0.878. The minimum Gasteiger partial charge on any atom is -0.494 e. The van der Waals surface area contributed by atoms with E-state index in [1.54, 1.807) is 18.2 Å². The van der Waals surface area contributed by atoms with Gasteiger partial charge in [0, 0.05) is 37.5 Å². The second kappa shape index (κ2) is 17.8. The van der Waals surface area contributed by atoms with Gasteiger partial charge in [-0.1, -0.05) is 19.3 Å². The fraction of sp³-hybridized carbons (Fsp3) is 0.421. The Hall–Kier alpha value is -6.11. The molecule has 0 spiro atoms. The number of rotatable bonds is 16. The first-order valence-electron chi connectivity index (χ1n) is 18.7. The van der Waals surface area contributed by atoms with Crippen LogP contribution in [0, 0.1) is 0 Å². The summed E-state index contributed by atoms with van der Waals surface area (Å²) in [6.45, 7) is 1.74. The van der Waals surface area contributed by atoms with Gasteiger partial charge in [-0.2, -0.15) is 0 Å². The molecule has 0 saturated carbocycles. The summed E-state index contributed by atoms with van der Waals surface area (Å²) >= 11 is 0. The number of piperidine rings is 2. The number of primary amides is 1. The Labute approximate surface area is 328 Å². The molecule has 2 unspecified atom stereocenters. The number of carbonyl (C=O) groups is 6. The number of carbonyl (C=O) groups excluding carboxylic acids is 6. The highest BCUT2D eigenvalue weighted by atomic mass is 32.2. The summed E-state index contributed by atoms with van der Waals surface area (Å²) in [6.07, 6.45) is 7.71. The van der Waals surface area contributed by atoms with E-state index in [1.165, 1.54) is 30.5 Å². The van der Waals surface area contributed by atoms with E-state index < -0.39 is 51.5 Å². The molecule has 3 aliphatic rings. The lowest BCUT2D eigenvalue weighted by Gasteiger charge is -2.33. The number of fused-ring (bicyclic) bond motifs is 1. The van der Waals surface area contributed by atoms with E-state index in [1.807, 2.05) is 4.90 Å². The van der Waals surface area contributed by atoms with Crippen LogP contribution in [0.5, 0.6) is 5.75 Å². The Bertz CT molecular complexity index is 2160. The Kier molecular flexibility index (Phi) is 12.7. The molecule has 2 saturated heterocycles. The predicted molar refractivity (Wildman–Crippen MR) is 205 cm³/mol. The molecule has 57 heavy (non-hydrogen) atoms. The van der Waals surface area contributed by atoms with Crippen LogP contribution < -0.4 is 31.3 Å². The van der Waals surface area contributed by atoms with Gasteiger partial charge in [-0.05, 0) is 74.6 Å². The van der Waals surface area contributed by atoms with Crippen molar-refractivity contribution in [1.82, 2.24) is 25.5 Å². The van der Waals surface area contributed by atoms with Crippen molar-refractivity contribution in [3.63, 3.8) is 0 Å². The number of anilines is 3. The van der Waals surface area contributed by atoms with Gasteiger partial charge in [-0.15, -0.1) is 0 Å². The zero-order chi connectivity index (χ0) is 40.7. The number of nitrogens with one attached hydrogen (secondary N) is 3. The molecule has 302 valence electrons. The number of hydrogen-bond acceptors (Lipinski definition) is 14. The second-order valence-corrected chi connectivity index (χ2v) is 16.1. The van der Waals surface area contributed by atoms with E-state index in [4.69, 9.17) is 15.2 Å². The lowest BCUT2D eigenvalue weighted by molar-refractivity contribution is -0.136. The number of ether oxygens (including phenoxy) is 2. The van der Waals surface area contributed by atoms with Gasteiger partial charge in [0.2, 0.25) is 11.8 Å². The van der Waals surface area contributed by atoms with Crippen LogP contribution in [-0.4, -0.2) is 104 Å². The second-order valence-electron chi connectivity index (χ2n) is 14.0. The lowest BCUT2D eigenvalue weighted by atomic mass is 10.0. The molecule has 5 N–H and O–H groups in total. The van der Waals surface area contributed by atoms with Crippen molar-refractivity contribution in [2.24, 2.45) is 5.73 Å². The molecule has 2 fully saturated rings. The molecular weight excluding hydrogens is 761 g/mol. The van der Waals surface area contributed by atoms with Gasteiger partial charge in [0.1, 0.15) is 17.6 Å². The molecule has 6 amide bonds. The van der Waals surface area contributed by atoms with Crippen LogP contribution in [0.15, 0.2) is 53.6 Å². The van der Waals surface area contributed by atoms with Crippen LogP contribution in [0.3, 0.4) is 0 Å². The summed E-state index contributed by atoms with van der Waals surface area (Å²) < 4.78 is 34.9. The molecule has 0 radical (unpaired) electrons. The average molecular weight is 805 g/mol. The Morgan fingerprint density at radius 1 is 0.947 bits per heavy atom. The summed E-state index contributed by atoms with van der Waals surface area (Å²) in [6, 6.07) is 9.38. The minimum atomic E-state index is -3.38. The van der Waals surface area contributed by atoms with E-state index in [0.717, 1.165) is 49.7 Å². The first-order chi connectivity index (χ1) is 27.3. The standard InChI is InChI=1S/C38H44N8O10S/c1-57(53,54)26-12-9-23(10-13-26)41-34-32(33(39)48)40-21-30(43-34)45-17-7-8-24(22-45)42-38(52)56-19-6-4-2-3-5-18-55-25-11-14-27-28(20-25)37(51)46(36(27)50)29-15-16-31(47)44-35(29)49/h9-14,20-21,24,29H,2-8,15-19,22H2,1H3,(H2,39,48)(H,41,43)(H,42,52)(H,44,47,49). The van der Waals surface area contributed by atoms with Crippen molar-refractivity contribution in [1.29, 1.82) is 0 Å². The molecule has 4 heterocycles. The number of unbranched alkanes of at least 4 members (excludes halogenated alkanes) is 4. The fourth-order valence-corrected chi connectivity index (χ4v) is 7.49. The first kappa shape index (κ1) is 40.6. The number of amides is 6. The van der Waals surface area contributed by atoms with E-state index in [0.29, 0.717) is 43.4 Å². The molecule has 2 aromatic carbocycles. The number of alkyl carbamates (subject to hydrolysis) is 1. The molecule has 3 aliphatic heterocycles. The van der Waals surface area contributed by atoms with E-state index in [2.05, 4.69) is 25.9 Å².